The molecule has 138 valence electrons. The molecule has 27 heavy (non-hydrogen) atoms. The lowest BCUT2D eigenvalue weighted by Crippen LogP contribution is -2.19. The number of benzene rings is 2. The molecule has 0 aliphatic heterocycles. The molecule has 0 aliphatic carbocycles. The highest BCUT2D eigenvalue weighted by Crippen LogP contribution is 2.21. The Morgan fingerprint density at radius 2 is 1.93 bits per heavy atom. The number of rotatable bonds is 6. The number of methoxy groups -OCH3 is 1. The zero-order valence-electron chi connectivity index (χ0n) is 15.0. The SMILES string of the molecule is COc1ccc(CC(=O)N/N=C/c2c(C)nn(-c3ccccc3)c2Cl)cc1. The summed E-state index contributed by atoms with van der Waals surface area (Å²) in [4.78, 5) is 12.0. The number of aromatic nitrogens is 2. The van der Waals surface area contributed by atoms with Crippen molar-refractivity contribution in [1.29, 1.82) is 0 Å². The van der Waals surface area contributed by atoms with E-state index in [0.717, 1.165) is 22.7 Å². The van der Waals surface area contributed by atoms with E-state index in [2.05, 4.69) is 15.6 Å². The van der Waals surface area contributed by atoms with Gasteiger partial charge in [-0.1, -0.05) is 41.9 Å². The van der Waals surface area contributed by atoms with E-state index >= 15 is 0 Å². The summed E-state index contributed by atoms with van der Waals surface area (Å²) in [5, 5.41) is 8.88. The van der Waals surface area contributed by atoms with Crippen molar-refractivity contribution in [3.8, 4) is 11.4 Å². The van der Waals surface area contributed by atoms with Gasteiger partial charge in [0.15, 0.2) is 0 Å². The van der Waals surface area contributed by atoms with E-state index in [4.69, 9.17) is 16.3 Å². The highest BCUT2D eigenvalue weighted by Gasteiger charge is 2.13. The molecule has 0 fully saturated rings. The first-order valence-electron chi connectivity index (χ1n) is 8.34. The summed E-state index contributed by atoms with van der Waals surface area (Å²) in [6.07, 6.45) is 1.73. The number of hydrogen-bond donors (Lipinski definition) is 1. The van der Waals surface area contributed by atoms with Gasteiger partial charge in [0.1, 0.15) is 10.9 Å². The molecule has 0 saturated heterocycles. The van der Waals surface area contributed by atoms with Crippen LogP contribution in [0.3, 0.4) is 0 Å². The predicted octanol–water partition coefficient (Wildman–Crippen LogP) is 3.54. The first kappa shape index (κ1) is 18.7. The van der Waals surface area contributed by atoms with Gasteiger partial charge in [-0.15, -0.1) is 0 Å². The van der Waals surface area contributed by atoms with Gasteiger partial charge >= 0.3 is 0 Å². The van der Waals surface area contributed by atoms with Gasteiger partial charge in [-0.2, -0.15) is 10.2 Å². The van der Waals surface area contributed by atoms with E-state index in [1.54, 1.807) is 11.8 Å². The molecule has 7 heteroatoms. The van der Waals surface area contributed by atoms with Gasteiger partial charge in [-0.05, 0) is 36.8 Å². The minimum atomic E-state index is -0.222. The predicted molar refractivity (Wildman–Crippen MR) is 106 cm³/mol. The maximum atomic E-state index is 12.0. The molecular weight excluding hydrogens is 364 g/mol. The third-order valence-electron chi connectivity index (χ3n) is 3.96. The highest BCUT2D eigenvalue weighted by molar-refractivity contribution is 6.32. The average Bonchev–Trinajstić information content (AvgIpc) is 2.97. The van der Waals surface area contributed by atoms with E-state index in [0.29, 0.717) is 10.7 Å². The van der Waals surface area contributed by atoms with Gasteiger partial charge in [0.2, 0.25) is 5.91 Å². The van der Waals surface area contributed by atoms with Gasteiger partial charge in [-0.3, -0.25) is 4.79 Å². The Bertz CT molecular complexity index is 950. The number of nitrogens with zero attached hydrogens (tertiary/aromatic N) is 3. The van der Waals surface area contributed by atoms with Gasteiger partial charge in [0, 0.05) is 0 Å². The normalized spacial score (nSPS) is 10.9. The number of ether oxygens (including phenoxy) is 1. The molecule has 0 saturated carbocycles. The Morgan fingerprint density at radius 1 is 1.22 bits per heavy atom. The number of hydrazone groups is 1. The van der Waals surface area contributed by atoms with Gasteiger partial charge in [0.05, 0.1) is 36.7 Å². The molecule has 0 atom stereocenters. The minimum absolute atomic E-state index is 0.220. The number of carbonyl (C=O) groups is 1. The Hall–Kier alpha value is -3.12. The topological polar surface area (TPSA) is 68.5 Å². The summed E-state index contributed by atoms with van der Waals surface area (Å²) >= 11 is 6.42. The van der Waals surface area contributed by atoms with Crippen molar-refractivity contribution >= 4 is 23.7 Å². The molecule has 1 amide bonds. The van der Waals surface area contributed by atoms with Crippen LogP contribution in [-0.4, -0.2) is 29.0 Å². The lowest BCUT2D eigenvalue weighted by atomic mass is 10.1. The Kier molecular flexibility index (Phi) is 5.88. The fourth-order valence-electron chi connectivity index (χ4n) is 2.54. The maximum Gasteiger partial charge on any atom is 0.244 e. The van der Waals surface area contributed by atoms with Gasteiger partial charge in [-0.25, -0.2) is 10.1 Å². The first-order chi connectivity index (χ1) is 13.1. The number of hydrogen-bond acceptors (Lipinski definition) is 4. The fourth-order valence-corrected chi connectivity index (χ4v) is 2.86. The third-order valence-corrected chi connectivity index (χ3v) is 4.32. The molecule has 0 radical (unpaired) electrons. The number of amides is 1. The minimum Gasteiger partial charge on any atom is -0.497 e. The molecule has 0 aliphatic rings. The van der Waals surface area contributed by atoms with Crippen LogP contribution in [0.15, 0.2) is 59.7 Å². The molecule has 1 heterocycles. The summed E-state index contributed by atoms with van der Waals surface area (Å²) in [5.74, 6) is 0.526. The van der Waals surface area contributed by atoms with Crippen LogP contribution in [0.1, 0.15) is 16.8 Å². The number of halogens is 1. The van der Waals surface area contributed by atoms with Crippen molar-refractivity contribution in [3.05, 3.63) is 76.6 Å². The number of para-hydroxylation sites is 1. The summed E-state index contributed by atoms with van der Waals surface area (Å²) in [7, 11) is 1.60. The van der Waals surface area contributed by atoms with E-state index in [9.17, 15) is 4.79 Å². The average molecular weight is 383 g/mol. The molecule has 6 nitrogen and oxygen atoms in total. The monoisotopic (exact) mass is 382 g/mol. The quantitative estimate of drug-likeness (QED) is 0.523. The van der Waals surface area contributed by atoms with Crippen LogP contribution >= 0.6 is 11.6 Å². The van der Waals surface area contributed by atoms with Crippen molar-refractivity contribution in [2.45, 2.75) is 13.3 Å². The van der Waals surface area contributed by atoms with Crippen LogP contribution in [0.25, 0.3) is 5.69 Å². The molecule has 0 bridgehead atoms. The largest absolute Gasteiger partial charge is 0.497 e. The summed E-state index contributed by atoms with van der Waals surface area (Å²) in [6, 6.07) is 16.9. The van der Waals surface area contributed by atoms with E-state index in [1.807, 2.05) is 61.5 Å². The molecular formula is C20H19ClN4O2. The standard InChI is InChI=1S/C20H19ClN4O2/c1-14-18(20(21)25(24-14)16-6-4-3-5-7-16)13-22-23-19(26)12-15-8-10-17(27-2)11-9-15/h3-11,13H,12H2,1-2H3,(H,23,26)/b22-13+. The molecule has 2 aromatic carbocycles. The zero-order chi connectivity index (χ0) is 19.2. The molecule has 3 rings (SSSR count). The smallest absolute Gasteiger partial charge is 0.244 e. The maximum absolute atomic E-state index is 12.0. The van der Waals surface area contributed by atoms with E-state index < -0.39 is 0 Å². The van der Waals surface area contributed by atoms with Crippen LogP contribution in [0, 0.1) is 6.92 Å². The van der Waals surface area contributed by atoms with Crippen molar-refractivity contribution in [2.24, 2.45) is 5.10 Å². The number of nitrogens with one attached hydrogen (secondary N) is 1. The molecule has 1 aromatic heterocycles. The lowest BCUT2D eigenvalue weighted by Gasteiger charge is -2.03. The van der Waals surface area contributed by atoms with Crippen molar-refractivity contribution in [2.75, 3.05) is 7.11 Å². The summed E-state index contributed by atoms with van der Waals surface area (Å²) in [6.45, 7) is 1.84. The zero-order valence-corrected chi connectivity index (χ0v) is 15.8. The second-order valence-electron chi connectivity index (χ2n) is 5.86. The van der Waals surface area contributed by atoms with E-state index in [1.165, 1.54) is 6.21 Å². The van der Waals surface area contributed by atoms with E-state index in [-0.39, 0.29) is 12.3 Å². The van der Waals surface area contributed by atoms with Gasteiger partial charge < -0.3 is 4.74 Å². The Balaban J connectivity index is 1.65. The van der Waals surface area contributed by atoms with Crippen LogP contribution in [0.4, 0.5) is 0 Å². The van der Waals surface area contributed by atoms with Gasteiger partial charge in [0.25, 0.3) is 0 Å². The van der Waals surface area contributed by atoms with Crippen LogP contribution in [0.2, 0.25) is 5.15 Å². The Morgan fingerprint density at radius 3 is 2.59 bits per heavy atom. The summed E-state index contributed by atoms with van der Waals surface area (Å²) in [5.41, 5.74) is 5.62. The molecule has 3 aromatic rings. The molecule has 0 spiro atoms. The second-order valence-corrected chi connectivity index (χ2v) is 6.21. The lowest BCUT2D eigenvalue weighted by molar-refractivity contribution is -0.120. The summed E-state index contributed by atoms with van der Waals surface area (Å²) < 4.78 is 6.74. The number of aryl methyl sites for hydroxylation is 1. The van der Waals surface area contributed by atoms with Crippen molar-refractivity contribution < 1.29 is 9.53 Å². The van der Waals surface area contributed by atoms with Crippen LogP contribution in [0.5, 0.6) is 5.75 Å². The van der Waals surface area contributed by atoms with Crippen molar-refractivity contribution in [1.82, 2.24) is 15.2 Å². The first-order valence-corrected chi connectivity index (χ1v) is 8.71. The fraction of sp³-hybridized carbons (Fsp3) is 0.150. The molecule has 1 N–H and O–H groups in total. The highest BCUT2D eigenvalue weighted by atomic mass is 35.5. The molecule has 0 unspecified atom stereocenters. The van der Waals surface area contributed by atoms with Crippen LogP contribution < -0.4 is 10.2 Å². The third kappa shape index (κ3) is 4.54. The van der Waals surface area contributed by atoms with Crippen LogP contribution in [-0.2, 0) is 11.2 Å². The second kappa shape index (κ2) is 8.51. The Labute approximate surface area is 162 Å². The van der Waals surface area contributed by atoms with Crippen molar-refractivity contribution in [3.63, 3.8) is 0 Å². The number of carbonyl (C=O) groups excluding carboxylic acids is 1.